The van der Waals surface area contributed by atoms with Crippen LogP contribution in [0.5, 0.6) is 17.2 Å². The minimum absolute atomic E-state index is 0.196. The Morgan fingerprint density at radius 2 is 2.07 bits per heavy atom. The minimum atomic E-state index is -0.571. The zero-order chi connectivity index (χ0) is 19.8. The van der Waals surface area contributed by atoms with Crippen LogP contribution in [0, 0.1) is 5.92 Å². The first-order valence-electron chi connectivity index (χ1n) is 9.55. The molecule has 0 saturated carbocycles. The fourth-order valence-electron chi connectivity index (χ4n) is 3.19. The zero-order valence-corrected chi connectivity index (χ0v) is 16.1. The number of aromatic nitrogens is 1. The van der Waals surface area contributed by atoms with Crippen molar-refractivity contribution in [2.75, 3.05) is 26.9 Å². The number of benzene rings is 1. The molecule has 1 saturated heterocycles. The molecule has 28 heavy (non-hydrogen) atoms. The van der Waals surface area contributed by atoms with Gasteiger partial charge in [-0.25, -0.2) is 4.98 Å². The van der Waals surface area contributed by atoms with Gasteiger partial charge in [-0.2, -0.15) is 0 Å². The van der Waals surface area contributed by atoms with Crippen molar-refractivity contribution in [1.29, 1.82) is 0 Å². The van der Waals surface area contributed by atoms with Gasteiger partial charge in [0.15, 0.2) is 11.5 Å². The number of nitrogens with zero attached hydrogens (tertiary/aromatic N) is 1. The molecular weight excluding hydrogens is 358 g/mol. The minimum Gasteiger partial charge on any atom is -0.493 e. The summed E-state index contributed by atoms with van der Waals surface area (Å²) in [7, 11) is 1.61. The lowest BCUT2D eigenvalue weighted by Gasteiger charge is -2.22. The van der Waals surface area contributed by atoms with E-state index < -0.39 is 5.91 Å². The topological polar surface area (TPSA) is 95.7 Å². The Morgan fingerprint density at radius 3 is 2.75 bits per heavy atom. The van der Waals surface area contributed by atoms with Crippen LogP contribution in [0.2, 0.25) is 0 Å². The molecule has 0 radical (unpaired) electrons. The fraction of sp³-hybridized carbons (Fsp3) is 0.429. The van der Waals surface area contributed by atoms with Crippen LogP contribution < -0.4 is 20.5 Å². The largest absolute Gasteiger partial charge is 0.493 e. The van der Waals surface area contributed by atoms with E-state index in [1.165, 1.54) is 18.7 Å². The van der Waals surface area contributed by atoms with E-state index in [9.17, 15) is 4.79 Å². The molecule has 2 heterocycles. The number of nitrogens with two attached hydrogens (primary N) is 1. The van der Waals surface area contributed by atoms with Gasteiger partial charge < -0.3 is 25.3 Å². The second kappa shape index (κ2) is 10.1. The first kappa shape index (κ1) is 20.1. The number of carbonyl (C=O) groups excluding carboxylic acids is 1. The van der Waals surface area contributed by atoms with Crippen LogP contribution in [0.25, 0.3) is 0 Å². The van der Waals surface area contributed by atoms with Crippen LogP contribution >= 0.6 is 0 Å². The van der Waals surface area contributed by atoms with Crippen LogP contribution in [-0.4, -0.2) is 37.8 Å². The first-order chi connectivity index (χ1) is 13.7. The Labute approximate surface area is 165 Å². The van der Waals surface area contributed by atoms with Crippen molar-refractivity contribution in [1.82, 2.24) is 10.3 Å². The van der Waals surface area contributed by atoms with E-state index >= 15 is 0 Å². The lowest BCUT2D eigenvalue weighted by molar-refractivity contribution is 0.0639. The van der Waals surface area contributed by atoms with Crippen molar-refractivity contribution in [3.8, 4) is 17.2 Å². The summed E-state index contributed by atoms with van der Waals surface area (Å²) in [5, 5.41) is 3.50. The third-order valence-corrected chi connectivity index (χ3v) is 4.84. The molecule has 1 aliphatic rings. The molecule has 1 fully saturated rings. The molecule has 7 nitrogen and oxygen atoms in total. The molecule has 0 bridgehead atoms. The second-order valence-electron chi connectivity index (χ2n) is 6.85. The second-order valence-corrected chi connectivity index (χ2v) is 6.85. The van der Waals surface area contributed by atoms with E-state index in [4.69, 9.17) is 19.9 Å². The maximum Gasteiger partial charge on any atom is 0.267 e. The van der Waals surface area contributed by atoms with Crippen LogP contribution in [0.1, 0.15) is 35.3 Å². The average Bonchev–Trinajstić information content (AvgIpc) is 2.73. The summed E-state index contributed by atoms with van der Waals surface area (Å²) in [5.74, 6) is 1.93. The number of rotatable bonds is 9. The molecule has 3 rings (SSSR count). The smallest absolute Gasteiger partial charge is 0.267 e. The highest BCUT2D eigenvalue weighted by Gasteiger charge is 2.13. The van der Waals surface area contributed by atoms with Crippen molar-refractivity contribution in [3.05, 3.63) is 47.8 Å². The van der Waals surface area contributed by atoms with E-state index in [-0.39, 0.29) is 5.69 Å². The molecular formula is C21H27N3O4. The van der Waals surface area contributed by atoms with E-state index in [1.54, 1.807) is 13.2 Å². The van der Waals surface area contributed by atoms with E-state index in [2.05, 4.69) is 10.3 Å². The van der Waals surface area contributed by atoms with E-state index in [1.807, 2.05) is 18.2 Å². The van der Waals surface area contributed by atoms with Crippen molar-refractivity contribution in [2.24, 2.45) is 11.7 Å². The van der Waals surface area contributed by atoms with Gasteiger partial charge in [0.2, 0.25) is 0 Å². The van der Waals surface area contributed by atoms with Crippen molar-refractivity contribution in [2.45, 2.75) is 25.8 Å². The molecule has 1 aromatic carbocycles. The third-order valence-electron chi connectivity index (χ3n) is 4.84. The number of primary amides is 1. The number of pyridine rings is 1. The lowest BCUT2D eigenvalue weighted by atomic mass is 9.97. The van der Waals surface area contributed by atoms with Gasteiger partial charge in [-0.15, -0.1) is 0 Å². The van der Waals surface area contributed by atoms with Gasteiger partial charge in [0.25, 0.3) is 5.91 Å². The van der Waals surface area contributed by atoms with Gasteiger partial charge in [0, 0.05) is 19.8 Å². The van der Waals surface area contributed by atoms with Gasteiger partial charge in [-0.3, -0.25) is 4.79 Å². The fourth-order valence-corrected chi connectivity index (χ4v) is 3.19. The van der Waals surface area contributed by atoms with Crippen molar-refractivity contribution >= 4 is 5.91 Å². The highest BCUT2D eigenvalue weighted by atomic mass is 16.5. The zero-order valence-electron chi connectivity index (χ0n) is 16.1. The Balaban J connectivity index is 1.53. The predicted molar refractivity (Wildman–Crippen MR) is 106 cm³/mol. The summed E-state index contributed by atoms with van der Waals surface area (Å²) in [6, 6.07) is 9.02. The summed E-state index contributed by atoms with van der Waals surface area (Å²) in [6.07, 6.45) is 4.97. The highest BCUT2D eigenvalue weighted by molar-refractivity contribution is 5.90. The maximum atomic E-state index is 11.1. The van der Waals surface area contributed by atoms with Crippen molar-refractivity contribution in [3.63, 3.8) is 0 Å². The van der Waals surface area contributed by atoms with E-state index in [0.717, 1.165) is 50.6 Å². The molecule has 7 heteroatoms. The Hall–Kier alpha value is -2.64. The van der Waals surface area contributed by atoms with Crippen LogP contribution in [-0.2, 0) is 11.3 Å². The molecule has 1 aliphatic heterocycles. The highest BCUT2D eigenvalue weighted by Crippen LogP contribution is 2.32. The first-order valence-corrected chi connectivity index (χ1v) is 9.55. The molecule has 2 aromatic rings. The maximum absolute atomic E-state index is 11.1. The number of methoxy groups -OCH3 is 1. The van der Waals surface area contributed by atoms with E-state index in [0.29, 0.717) is 17.2 Å². The monoisotopic (exact) mass is 385 g/mol. The van der Waals surface area contributed by atoms with Gasteiger partial charge in [-0.05, 0) is 61.6 Å². The molecule has 3 N–H and O–H groups in total. The quantitative estimate of drug-likeness (QED) is 0.645. The standard InChI is InChI=1S/C21H27N3O4/c1-26-20-12-16(13-23-9-6-15-7-10-27-11-8-15)2-5-19(20)28-17-3-4-18(21(22)25)24-14-17/h2-5,12,14-15,23H,6-11,13H2,1H3,(H2,22,25). The Morgan fingerprint density at radius 1 is 1.25 bits per heavy atom. The molecule has 150 valence electrons. The molecule has 0 atom stereocenters. The average molecular weight is 385 g/mol. The normalized spacial score (nSPS) is 14.6. The Kier molecular flexibility index (Phi) is 7.22. The molecule has 1 amide bonds. The number of hydrogen-bond acceptors (Lipinski definition) is 6. The summed E-state index contributed by atoms with van der Waals surface area (Å²) in [5.41, 5.74) is 6.52. The molecule has 0 aliphatic carbocycles. The lowest BCUT2D eigenvalue weighted by Crippen LogP contribution is -2.22. The van der Waals surface area contributed by atoms with Crippen molar-refractivity contribution < 1.29 is 19.0 Å². The molecule has 0 spiro atoms. The third kappa shape index (κ3) is 5.68. The number of amides is 1. The van der Waals surface area contributed by atoms with Crippen LogP contribution in [0.15, 0.2) is 36.5 Å². The number of ether oxygens (including phenoxy) is 3. The summed E-state index contributed by atoms with van der Waals surface area (Å²) in [4.78, 5) is 15.1. The number of hydrogen-bond donors (Lipinski definition) is 2. The van der Waals surface area contributed by atoms with Gasteiger partial charge >= 0.3 is 0 Å². The predicted octanol–water partition coefficient (Wildman–Crippen LogP) is 2.89. The van der Waals surface area contributed by atoms with Crippen LogP contribution in [0.3, 0.4) is 0 Å². The van der Waals surface area contributed by atoms with Gasteiger partial charge in [0.1, 0.15) is 11.4 Å². The van der Waals surface area contributed by atoms with Gasteiger partial charge in [0.05, 0.1) is 13.3 Å². The summed E-state index contributed by atoms with van der Waals surface area (Å²) in [6.45, 7) is 3.55. The van der Waals surface area contributed by atoms with Gasteiger partial charge in [-0.1, -0.05) is 6.07 Å². The summed E-state index contributed by atoms with van der Waals surface area (Å²) >= 11 is 0. The van der Waals surface area contributed by atoms with Crippen LogP contribution in [0.4, 0.5) is 0 Å². The Bertz CT molecular complexity index is 774. The molecule has 0 unspecified atom stereocenters. The number of nitrogens with one attached hydrogen (secondary N) is 1. The SMILES string of the molecule is COc1cc(CNCCC2CCOCC2)ccc1Oc1ccc(C(N)=O)nc1. The number of carbonyl (C=O) groups is 1. The summed E-state index contributed by atoms with van der Waals surface area (Å²) < 4.78 is 16.7. The molecule has 1 aromatic heterocycles.